The number of hydrogen-bond acceptors (Lipinski definition) is 6. The Morgan fingerprint density at radius 3 is 2.07 bits per heavy atom. The fourth-order valence-corrected chi connectivity index (χ4v) is 8.96. The number of unbranched alkanes of at least 4 members (excludes halogenated alkanes) is 11. The number of carbonyl (C=O) groups excluding carboxylic acids is 2. The Morgan fingerprint density at radius 2 is 1.51 bits per heavy atom. The third-order valence-corrected chi connectivity index (χ3v) is 11.4. The van der Waals surface area contributed by atoms with E-state index in [-0.39, 0.29) is 42.0 Å². The van der Waals surface area contributed by atoms with Gasteiger partial charge in [-0.1, -0.05) is 110 Å². The van der Waals surface area contributed by atoms with Crippen LogP contribution in [0.25, 0.3) is 0 Å². The maximum atomic E-state index is 13.1. The Bertz CT molecular complexity index is 1030. The number of Topliss-reactive ketones (excluding diaryl/α,β-unsaturated/α-hetero) is 1. The molecule has 0 bridgehead atoms. The van der Waals surface area contributed by atoms with E-state index >= 15 is 0 Å². The molecule has 0 aromatic carbocycles. The molecule has 4 aliphatic rings. The first kappa shape index (κ1) is 32.4. The van der Waals surface area contributed by atoms with Crippen LogP contribution in [-0.2, 0) is 14.3 Å². The Morgan fingerprint density at radius 1 is 0.951 bits per heavy atom. The summed E-state index contributed by atoms with van der Waals surface area (Å²) in [7, 11) is 0. The van der Waals surface area contributed by atoms with Crippen molar-refractivity contribution in [2.24, 2.45) is 29.1 Å². The maximum absolute atomic E-state index is 13.1. The molecular formula is C35H56O6. The molecule has 0 unspecified atom stereocenters. The predicted octanol–water partition coefficient (Wildman–Crippen LogP) is 6.60. The molecule has 7 atom stereocenters. The van der Waals surface area contributed by atoms with E-state index in [1.165, 1.54) is 57.8 Å². The minimum Gasteiger partial charge on any atom is -0.458 e. The molecule has 232 valence electrons. The Hall–Kier alpha value is -1.50. The molecule has 0 spiro atoms. The smallest absolute Gasteiger partial charge is 0.306 e. The molecule has 3 N–H and O–H groups in total. The van der Waals surface area contributed by atoms with Crippen molar-refractivity contribution >= 4 is 11.8 Å². The molecule has 0 heterocycles. The number of aliphatic hydroxyl groups excluding tert-OH is 1. The summed E-state index contributed by atoms with van der Waals surface area (Å²) in [6, 6.07) is 0. The summed E-state index contributed by atoms with van der Waals surface area (Å²) in [5.41, 5.74) is -3.20. The summed E-state index contributed by atoms with van der Waals surface area (Å²) in [6.45, 7) is 9.79. The highest BCUT2D eigenvalue weighted by Crippen LogP contribution is 2.76. The zero-order valence-corrected chi connectivity index (χ0v) is 26.3. The van der Waals surface area contributed by atoms with Crippen molar-refractivity contribution in [1.82, 2.24) is 0 Å². The lowest BCUT2D eigenvalue weighted by Gasteiger charge is -2.50. The van der Waals surface area contributed by atoms with E-state index in [4.69, 9.17) is 4.74 Å². The zero-order chi connectivity index (χ0) is 30.1. The second kappa shape index (κ2) is 12.6. The van der Waals surface area contributed by atoms with E-state index < -0.39 is 28.6 Å². The molecule has 0 amide bonds. The summed E-state index contributed by atoms with van der Waals surface area (Å²) in [5.74, 6) is -2.25. The lowest BCUT2D eigenvalue weighted by Crippen LogP contribution is -2.61. The minimum absolute atomic E-state index is 0.00522. The van der Waals surface area contributed by atoms with Crippen molar-refractivity contribution in [2.45, 2.75) is 148 Å². The average Bonchev–Trinajstić information content (AvgIpc) is 3.33. The van der Waals surface area contributed by atoms with E-state index in [2.05, 4.69) is 20.8 Å². The molecule has 0 saturated heterocycles. The van der Waals surface area contributed by atoms with Crippen LogP contribution in [0.3, 0.4) is 0 Å². The maximum Gasteiger partial charge on any atom is 0.306 e. The number of rotatable bonds is 15. The zero-order valence-electron chi connectivity index (χ0n) is 26.3. The van der Waals surface area contributed by atoms with Crippen molar-refractivity contribution < 1.29 is 29.6 Å². The molecule has 4 aliphatic carbocycles. The number of ether oxygens (including phenoxy) is 1. The van der Waals surface area contributed by atoms with E-state index in [0.717, 1.165) is 19.3 Å². The molecule has 0 aliphatic heterocycles. The molecule has 0 aromatic rings. The summed E-state index contributed by atoms with van der Waals surface area (Å²) in [6.07, 6.45) is 19.4. The van der Waals surface area contributed by atoms with Gasteiger partial charge in [-0.25, -0.2) is 0 Å². The SMILES string of the molecule is CCCCCCCCCCCCCCC(=O)O[C@@]12C[C@@H](C)[C@@]3(O)[C@@H](C=C(CO)C[C@]4(O)C(=O)C(C)=C[C@@H]34)[C@@H]1C2(C)C. The lowest BCUT2D eigenvalue weighted by molar-refractivity contribution is -0.187. The molecule has 4 rings (SSSR count). The lowest BCUT2D eigenvalue weighted by atomic mass is 9.60. The molecule has 0 aromatic heterocycles. The highest BCUT2D eigenvalue weighted by atomic mass is 16.6. The normalized spacial score (nSPS) is 36.9. The topological polar surface area (TPSA) is 104 Å². The van der Waals surface area contributed by atoms with E-state index in [1.807, 2.05) is 13.0 Å². The second-order valence-electron chi connectivity index (χ2n) is 14.5. The van der Waals surface area contributed by atoms with Crippen molar-refractivity contribution in [3.05, 3.63) is 23.3 Å². The quantitative estimate of drug-likeness (QED) is 0.116. The summed E-state index contributed by atoms with van der Waals surface area (Å²) in [4.78, 5) is 26.2. The number of aliphatic hydroxyl groups is 3. The number of fused-ring (bicyclic) bond motifs is 5. The predicted molar refractivity (Wildman–Crippen MR) is 161 cm³/mol. The molecule has 41 heavy (non-hydrogen) atoms. The summed E-state index contributed by atoms with van der Waals surface area (Å²) >= 11 is 0. The highest BCUT2D eigenvalue weighted by molar-refractivity contribution is 6.04. The van der Waals surface area contributed by atoms with Crippen molar-refractivity contribution in [1.29, 1.82) is 0 Å². The third kappa shape index (κ3) is 5.74. The van der Waals surface area contributed by atoms with Gasteiger partial charge in [-0.15, -0.1) is 0 Å². The molecule has 6 heteroatoms. The standard InChI is InChI=1S/C35H56O6/c1-6-7-8-9-10-11-12-13-14-15-16-17-18-29(37)41-34-21-25(3)35(40)27(30(34)32(34,4)5)20-26(23-36)22-33(39)28(35)19-24(2)31(33)38/h19-20,25,27-28,30,36,39-40H,6-18,21-23H2,1-5H3/t25-,27+,28-,30-,33-,34+,35-/m1/s1. The second-order valence-corrected chi connectivity index (χ2v) is 14.5. The Kier molecular flexibility index (Phi) is 9.98. The van der Waals surface area contributed by atoms with Gasteiger partial charge < -0.3 is 20.1 Å². The number of hydrogen-bond donors (Lipinski definition) is 3. The molecule has 6 nitrogen and oxygen atoms in total. The van der Waals surface area contributed by atoms with Gasteiger partial charge in [0.25, 0.3) is 0 Å². The van der Waals surface area contributed by atoms with Gasteiger partial charge in [-0.05, 0) is 36.8 Å². The Balaban J connectivity index is 1.33. The molecular weight excluding hydrogens is 516 g/mol. The first-order valence-electron chi connectivity index (χ1n) is 16.6. The largest absolute Gasteiger partial charge is 0.458 e. The first-order chi connectivity index (χ1) is 19.4. The van der Waals surface area contributed by atoms with E-state index in [9.17, 15) is 24.9 Å². The monoisotopic (exact) mass is 572 g/mol. The Labute approximate surface area is 248 Å². The number of esters is 1. The van der Waals surface area contributed by atoms with Crippen molar-refractivity contribution in [3.8, 4) is 0 Å². The van der Waals surface area contributed by atoms with E-state index in [0.29, 0.717) is 24.0 Å². The van der Waals surface area contributed by atoms with Crippen LogP contribution in [0, 0.1) is 29.1 Å². The van der Waals surface area contributed by atoms with Gasteiger partial charge in [-0.2, -0.15) is 0 Å². The fraction of sp³-hybridized carbons (Fsp3) is 0.829. The van der Waals surface area contributed by atoms with Gasteiger partial charge in [0, 0.05) is 36.0 Å². The fourth-order valence-electron chi connectivity index (χ4n) is 8.96. The highest BCUT2D eigenvalue weighted by Gasteiger charge is 2.83. The summed E-state index contributed by atoms with van der Waals surface area (Å²) < 4.78 is 6.33. The van der Waals surface area contributed by atoms with Crippen molar-refractivity contribution in [2.75, 3.05) is 6.61 Å². The van der Waals surface area contributed by atoms with Gasteiger partial charge in [0.2, 0.25) is 0 Å². The van der Waals surface area contributed by atoms with Crippen LogP contribution in [0.2, 0.25) is 0 Å². The van der Waals surface area contributed by atoms with Crippen LogP contribution >= 0.6 is 0 Å². The van der Waals surface area contributed by atoms with Crippen LogP contribution < -0.4 is 0 Å². The summed E-state index contributed by atoms with van der Waals surface area (Å²) in [5, 5.41) is 34.2. The number of ketones is 1. The van der Waals surface area contributed by atoms with Gasteiger partial charge in [0.1, 0.15) is 11.2 Å². The van der Waals surface area contributed by atoms with E-state index in [1.54, 1.807) is 13.0 Å². The van der Waals surface area contributed by atoms with Gasteiger partial charge in [-0.3, -0.25) is 9.59 Å². The number of carbonyl (C=O) groups is 2. The minimum atomic E-state index is -1.76. The van der Waals surface area contributed by atoms with Gasteiger partial charge in [0.05, 0.1) is 12.2 Å². The van der Waals surface area contributed by atoms with Crippen LogP contribution in [0.15, 0.2) is 23.3 Å². The van der Waals surface area contributed by atoms with Crippen LogP contribution in [0.4, 0.5) is 0 Å². The molecule has 2 saturated carbocycles. The van der Waals surface area contributed by atoms with Gasteiger partial charge >= 0.3 is 5.97 Å². The molecule has 2 fully saturated rings. The third-order valence-electron chi connectivity index (χ3n) is 11.4. The van der Waals surface area contributed by atoms with Gasteiger partial charge in [0.15, 0.2) is 5.78 Å². The van der Waals surface area contributed by atoms with Crippen molar-refractivity contribution in [3.63, 3.8) is 0 Å². The average molecular weight is 573 g/mol. The first-order valence-corrected chi connectivity index (χ1v) is 16.6. The van der Waals surface area contributed by atoms with Crippen LogP contribution in [-0.4, -0.2) is 50.5 Å². The molecule has 0 radical (unpaired) electrons. The van der Waals surface area contributed by atoms with Crippen LogP contribution in [0.5, 0.6) is 0 Å². The van der Waals surface area contributed by atoms with Crippen LogP contribution in [0.1, 0.15) is 131 Å².